The molecular weight excluding hydrogens is 346 g/mol. The highest BCUT2D eigenvalue weighted by Crippen LogP contribution is 2.32. The van der Waals surface area contributed by atoms with Gasteiger partial charge in [0.1, 0.15) is 5.75 Å². The molecule has 1 aliphatic rings. The summed E-state index contributed by atoms with van der Waals surface area (Å²) >= 11 is 6.12. The normalized spacial score (nSPS) is 17.0. The van der Waals surface area contributed by atoms with Crippen molar-refractivity contribution in [1.29, 1.82) is 0 Å². The van der Waals surface area contributed by atoms with Crippen LogP contribution >= 0.6 is 11.6 Å². The van der Waals surface area contributed by atoms with Crippen molar-refractivity contribution in [2.45, 2.75) is 20.3 Å². The fraction of sp³-hybridized carbons (Fsp3) is 0.353. The Balaban J connectivity index is 1.72. The number of nitrogens with zero attached hydrogens (tertiary/aromatic N) is 2. The minimum absolute atomic E-state index is 0.127. The lowest BCUT2D eigenvalue weighted by Gasteiger charge is -2.17. The maximum absolute atomic E-state index is 12.4. The van der Waals surface area contributed by atoms with Crippen molar-refractivity contribution in [2.24, 2.45) is 5.92 Å². The quantitative estimate of drug-likeness (QED) is 0.902. The Kier molecular flexibility index (Phi) is 4.67. The maximum Gasteiger partial charge on any atom is 0.234 e. The van der Waals surface area contributed by atoms with Gasteiger partial charge in [-0.05, 0) is 32.0 Å². The highest BCUT2D eigenvalue weighted by atomic mass is 35.5. The molecule has 1 saturated heterocycles. The van der Waals surface area contributed by atoms with E-state index in [1.54, 1.807) is 30.0 Å². The predicted octanol–water partition coefficient (Wildman–Crippen LogP) is 2.95. The number of halogens is 1. The van der Waals surface area contributed by atoms with Gasteiger partial charge in [0.05, 0.1) is 23.7 Å². The number of amides is 2. The molecule has 8 heteroatoms. The van der Waals surface area contributed by atoms with Crippen LogP contribution in [0, 0.1) is 19.8 Å². The summed E-state index contributed by atoms with van der Waals surface area (Å²) in [4.78, 5) is 26.3. The zero-order valence-corrected chi connectivity index (χ0v) is 14.9. The van der Waals surface area contributed by atoms with Crippen molar-refractivity contribution in [2.75, 3.05) is 23.9 Å². The summed E-state index contributed by atoms with van der Waals surface area (Å²) in [5.74, 6) is -0.0249. The summed E-state index contributed by atoms with van der Waals surface area (Å²) in [5.41, 5.74) is 2.13. The Morgan fingerprint density at radius 3 is 2.80 bits per heavy atom. The Hall–Kier alpha value is -2.54. The van der Waals surface area contributed by atoms with Crippen molar-refractivity contribution in [3.05, 3.63) is 34.5 Å². The zero-order chi connectivity index (χ0) is 18.1. The third kappa shape index (κ3) is 3.32. The van der Waals surface area contributed by atoms with Gasteiger partial charge in [-0.1, -0.05) is 16.8 Å². The summed E-state index contributed by atoms with van der Waals surface area (Å²) in [5, 5.41) is 6.92. The number of methoxy groups -OCH3 is 1. The number of rotatable bonds is 4. The van der Waals surface area contributed by atoms with E-state index in [4.69, 9.17) is 20.9 Å². The van der Waals surface area contributed by atoms with Gasteiger partial charge in [0.25, 0.3) is 0 Å². The van der Waals surface area contributed by atoms with Crippen molar-refractivity contribution >= 4 is 35.0 Å². The molecule has 2 heterocycles. The summed E-state index contributed by atoms with van der Waals surface area (Å²) in [7, 11) is 1.52. The van der Waals surface area contributed by atoms with Gasteiger partial charge in [-0.25, -0.2) is 0 Å². The third-order valence-corrected chi connectivity index (χ3v) is 4.63. The SMILES string of the molecule is COc1ccc(N2CC(C(=O)Nc3onc(C)c3C)CC2=O)cc1Cl. The van der Waals surface area contributed by atoms with Gasteiger partial charge in [0.15, 0.2) is 0 Å². The second kappa shape index (κ2) is 6.76. The van der Waals surface area contributed by atoms with E-state index in [0.29, 0.717) is 28.0 Å². The van der Waals surface area contributed by atoms with E-state index in [0.717, 1.165) is 5.56 Å². The third-order valence-electron chi connectivity index (χ3n) is 4.34. The highest BCUT2D eigenvalue weighted by molar-refractivity contribution is 6.32. The van der Waals surface area contributed by atoms with Gasteiger partial charge in [-0.3, -0.25) is 14.9 Å². The largest absolute Gasteiger partial charge is 0.495 e. The molecule has 0 aliphatic carbocycles. The molecule has 2 amide bonds. The average molecular weight is 364 g/mol. The number of benzene rings is 1. The van der Waals surface area contributed by atoms with E-state index < -0.39 is 5.92 Å². The first-order valence-electron chi connectivity index (χ1n) is 7.78. The van der Waals surface area contributed by atoms with E-state index in [1.807, 2.05) is 6.92 Å². The summed E-state index contributed by atoms with van der Waals surface area (Å²) in [6, 6.07) is 5.09. The van der Waals surface area contributed by atoms with Gasteiger partial charge >= 0.3 is 0 Å². The number of hydrogen-bond acceptors (Lipinski definition) is 5. The van der Waals surface area contributed by atoms with E-state index in [9.17, 15) is 9.59 Å². The highest BCUT2D eigenvalue weighted by Gasteiger charge is 2.36. The topological polar surface area (TPSA) is 84.7 Å². The molecule has 0 saturated carbocycles. The lowest BCUT2D eigenvalue weighted by atomic mass is 10.1. The number of carbonyl (C=O) groups is 2. The van der Waals surface area contributed by atoms with Crippen LogP contribution in [0.1, 0.15) is 17.7 Å². The number of anilines is 2. The zero-order valence-electron chi connectivity index (χ0n) is 14.1. The number of carbonyl (C=O) groups excluding carboxylic acids is 2. The molecule has 1 aromatic heterocycles. The van der Waals surface area contributed by atoms with Crippen molar-refractivity contribution in [1.82, 2.24) is 5.16 Å². The number of nitrogens with one attached hydrogen (secondary N) is 1. The van der Waals surface area contributed by atoms with Gasteiger partial charge in [-0.2, -0.15) is 0 Å². The van der Waals surface area contributed by atoms with E-state index in [-0.39, 0.29) is 24.8 Å². The Labute approximate surface area is 149 Å². The van der Waals surface area contributed by atoms with Gasteiger partial charge in [-0.15, -0.1) is 0 Å². The van der Waals surface area contributed by atoms with Crippen molar-refractivity contribution in [3.63, 3.8) is 0 Å². The molecule has 0 spiro atoms. The molecule has 2 aromatic rings. The molecule has 3 rings (SSSR count). The van der Waals surface area contributed by atoms with Crippen molar-refractivity contribution in [3.8, 4) is 5.75 Å². The van der Waals surface area contributed by atoms with Crippen molar-refractivity contribution < 1.29 is 18.8 Å². The minimum atomic E-state index is -0.474. The lowest BCUT2D eigenvalue weighted by Crippen LogP contribution is -2.28. The van der Waals surface area contributed by atoms with Crippen LogP contribution in [0.4, 0.5) is 11.6 Å². The maximum atomic E-state index is 12.4. The lowest BCUT2D eigenvalue weighted by molar-refractivity contribution is -0.122. The predicted molar refractivity (Wildman–Crippen MR) is 93.1 cm³/mol. The number of aromatic nitrogens is 1. The number of ether oxygens (including phenoxy) is 1. The molecule has 1 fully saturated rings. The van der Waals surface area contributed by atoms with Crippen LogP contribution in [0.25, 0.3) is 0 Å². The van der Waals surface area contributed by atoms with Gasteiger partial charge in [0.2, 0.25) is 17.7 Å². The molecule has 1 aromatic carbocycles. The van der Waals surface area contributed by atoms with Gasteiger partial charge in [0, 0.05) is 24.2 Å². The van der Waals surface area contributed by atoms with E-state index >= 15 is 0 Å². The van der Waals surface area contributed by atoms with Crippen LogP contribution in [-0.2, 0) is 9.59 Å². The minimum Gasteiger partial charge on any atom is -0.495 e. The average Bonchev–Trinajstić information content (AvgIpc) is 3.12. The number of hydrogen-bond donors (Lipinski definition) is 1. The van der Waals surface area contributed by atoms with Crippen LogP contribution in [0.5, 0.6) is 5.75 Å². The first kappa shape index (κ1) is 17.3. The monoisotopic (exact) mass is 363 g/mol. The number of aryl methyl sites for hydroxylation is 1. The molecule has 1 aliphatic heterocycles. The summed E-state index contributed by atoms with van der Waals surface area (Å²) in [6.45, 7) is 3.88. The standard InChI is InChI=1S/C17H18ClN3O4/c1-9-10(2)20-25-17(9)19-16(23)11-6-15(22)21(8-11)12-4-5-14(24-3)13(18)7-12/h4-5,7,11H,6,8H2,1-3H3,(H,19,23). The molecule has 0 bridgehead atoms. The second-order valence-electron chi connectivity index (χ2n) is 5.94. The van der Waals surface area contributed by atoms with Crippen LogP contribution in [-0.4, -0.2) is 30.6 Å². The first-order valence-corrected chi connectivity index (χ1v) is 8.16. The van der Waals surface area contributed by atoms with E-state index in [2.05, 4.69) is 10.5 Å². The van der Waals surface area contributed by atoms with Gasteiger partial charge < -0.3 is 14.2 Å². The summed E-state index contributed by atoms with van der Waals surface area (Å²) < 4.78 is 10.2. The molecule has 1 unspecified atom stereocenters. The van der Waals surface area contributed by atoms with Crippen LogP contribution < -0.4 is 15.0 Å². The Morgan fingerprint density at radius 2 is 2.20 bits per heavy atom. The molecule has 25 heavy (non-hydrogen) atoms. The fourth-order valence-electron chi connectivity index (χ4n) is 2.70. The Bertz CT molecular complexity index is 833. The fourth-order valence-corrected chi connectivity index (χ4v) is 2.95. The Morgan fingerprint density at radius 1 is 1.44 bits per heavy atom. The van der Waals surface area contributed by atoms with E-state index in [1.165, 1.54) is 7.11 Å². The molecule has 1 atom stereocenters. The van der Waals surface area contributed by atoms with Crippen LogP contribution in [0.2, 0.25) is 5.02 Å². The van der Waals surface area contributed by atoms with Crippen LogP contribution in [0.3, 0.4) is 0 Å². The molecule has 7 nitrogen and oxygen atoms in total. The molecule has 132 valence electrons. The smallest absolute Gasteiger partial charge is 0.234 e. The molecule has 0 radical (unpaired) electrons. The second-order valence-corrected chi connectivity index (χ2v) is 6.34. The summed E-state index contributed by atoms with van der Waals surface area (Å²) in [6.07, 6.45) is 0.127. The molecular formula is C17H18ClN3O4. The first-order chi connectivity index (χ1) is 11.9. The van der Waals surface area contributed by atoms with Crippen LogP contribution in [0.15, 0.2) is 22.7 Å². The molecule has 1 N–H and O–H groups in total.